The Morgan fingerprint density at radius 1 is 1.44 bits per heavy atom. The van der Waals surface area contributed by atoms with Crippen LogP contribution in [0.5, 0.6) is 5.88 Å². The molecule has 0 aliphatic carbocycles. The summed E-state index contributed by atoms with van der Waals surface area (Å²) in [5.41, 5.74) is 6.46. The lowest BCUT2D eigenvalue weighted by Crippen LogP contribution is -2.24. The van der Waals surface area contributed by atoms with Crippen molar-refractivity contribution in [3.05, 3.63) is 6.33 Å². The molecule has 5 heteroatoms. The number of rotatable bonds is 5. The summed E-state index contributed by atoms with van der Waals surface area (Å²) >= 11 is 0. The van der Waals surface area contributed by atoms with E-state index in [2.05, 4.69) is 23.8 Å². The molecule has 1 rings (SSSR count). The van der Waals surface area contributed by atoms with Gasteiger partial charge in [0.15, 0.2) is 5.82 Å². The third kappa shape index (κ3) is 2.98. The van der Waals surface area contributed by atoms with Crippen LogP contribution >= 0.6 is 0 Å². The maximum Gasteiger partial charge on any atom is 0.242 e. The number of ether oxygens (including phenoxy) is 1. The van der Waals surface area contributed by atoms with Crippen molar-refractivity contribution in [3.8, 4) is 5.88 Å². The van der Waals surface area contributed by atoms with Crippen LogP contribution in [0.2, 0.25) is 0 Å². The van der Waals surface area contributed by atoms with Gasteiger partial charge in [-0.1, -0.05) is 13.8 Å². The smallest absolute Gasteiger partial charge is 0.242 e. The number of nitrogen functional groups attached to an aromatic ring is 1. The van der Waals surface area contributed by atoms with Crippen LogP contribution in [0.4, 0.5) is 11.5 Å². The van der Waals surface area contributed by atoms with Crippen molar-refractivity contribution in [2.75, 3.05) is 30.8 Å². The SMILES string of the molecule is CCOc1ncnc(N(C)CC(C)C)c1N. The van der Waals surface area contributed by atoms with Crippen LogP contribution in [0.3, 0.4) is 0 Å². The summed E-state index contributed by atoms with van der Waals surface area (Å²) in [5.74, 6) is 1.74. The van der Waals surface area contributed by atoms with Gasteiger partial charge in [-0.2, -0.15) is 4.98 Å². The van der Waals surface area contributed by atoms with Gasteiger partial charge in [-0.25, -0.2) is 4.98 Å². The molecular formula is C11H20N4O. The number of aromatic nitrogens is 2. The fraction of sp³-hybridized carbons (Fsp3) is 0.636. The fourth-order valence-electron chi connectivity index (χ4n) is 1.56. The standard InChI is InChI=1S/C11H20N4O/c1-5-16-11-9(12)10(13-7-14-11)15(4)6-8(2)3/h7-8H,5-6,12H2,1-4H3. The average Bonchev–Trinajstić information content (AvgIpc) is 2.20. The largest absolute Gasteiger partial charge is 0.476 e. The Bertz CT molecular complexity index is 341. The highest BCUT2D eigenvalue weighted by Gasteiger charge is 2.13. The molecule has 5 nitrogen and oxygen atoms in total. The van der Waals surface area contributed by atoms with E-state index in [0.717, 1.165) is 12.4 Å². The molecule has 1 aromatic heterocycles. The van der Waals surface area contributed by atoms with E-state index in [4.69, 9.17) is 10.5 Å². The third-order valence-electron chi connectivity index (χ3n) is 2.11. The summed E-state index contributed by atoms with van der Waals surface area (Å²) in [5, 5.41) is 0. The van der Waals surface area contributed by atoms with Crippen LogP contribution in [0.15, 0.2) is 6.33 Å². The van der Waals surface area contributed by atoms with E-state index < -0.39 is 0 Å². The molecule has 0 spiro atoms. The molecule has 0 saturated heterocycles. The predicted octanol–water partition coefficient (Wildman–Crippen LogP) is 1.55. The van der Waals surface area contributed by atoms with Crippen molar-refractivity contribution in [1.29, 1.82) is 0 Å². The first-order chi connectivity index (χ1) is 7.56. The van der Waals surface area contributed by atoms with Crippen LogP contribution in [0.1, 0.15) is 20.8 Å². The highest BCUT2D eigenvalue weighted by atomic mass is 16.5. The van der Waals surface area contributed by atoms with E-state index in [9.17, 15) is 0 Å². The normalized spacial score (nSPS) is 10.6. The Kier molecular flexibility index (Phi) is 4.34. The van der Waals surface area contributed by atoms with Crippen LogP contribution in [0, 0.1) is 5.92 Å². The number of anilines is 2. The Balaban J connectivity index is 2.91. The van der Waals surface area contributed by atoms with Gasteiger partial charge < -0.3 is 15.4 Å². The topological polar surface area (TPSA) is 64.3 Å². The summed E-state index contributed by atoms with van der Waals surface area (Å²) in [4.78, 5) is 10.2. The lowest BCUT2D eigenvalue weighted by molar-refractivity contribution is 0.328. The molecule has 1 heterocycles. The van der Waals surface area contributed by atoms with E-state index in [1.54, 1.807) is 0 Å². The van der Waals surface area contributed by atoms with Crippen molar-refractivity contribution < 1.29 is 4.74 Å². The molecule has 0 amide bonds. The molecule has 1 aromatic rings. The number of hydrogen-bond acceptors (Lipinski definition) is 5. The number of nitrogens with zero attached hydrogens (tertiary/aromatic N) is 3. The van der Waals surface area contributed by atoms with Gasteiger partial charge in [0.05, 0.1) is 6.61 Å². The molecule has 0 aromatic carbocycles. The van der Waals surface area contributed by atoms with Crippen LogP contribution in [0.25, 0.3) is 0 Å². The Morgan fingerprint density at radius 3 is 2.69 bits per heavy atom. The fourth-order valence-corrected chi connectivity index (χ4v) is 1.56. The molecule has 0 unspecified atom stereocenters. The zero-order valence-corrected chi connectivity index (χ0v) is 10.4. The van der Waals surface area contributed by atoms with Crippen molar-refractivity contribution in [3.63, 3.8) is 0 Å². The van der Waals surface area contributed by atoms with Crippen molar-refractivity contribution in [2.45, 2.75) is 20.8 Å². The highest BCUT2D eigenvalue weighted by Crippen LogP contribution is 2.27. The summed E-state index contributed by atoms with van der Waals surface area (Å²) in [6.07, 6.45) is 1.48. The molecule has 0 bridgehead atoms. The van der Waals surface area contributed by atoms with Crippen molar-refractivity contribution in [1.82, 2.24) is 9.97 Å². The molecule has 0 aliphatic heterocycles. The first-order valence-electron chi connectivity index (χ1n) is 5.50. The Labute approximate surface area is 96.6 Å². The second-order valence-corrected chi connectivity index (χ2v) is 4.12. The molecule has 90 valence electrons. The predicted molar refractivity (Wildman–Crippen MR) is 65.7 cm³/mol. The van der Waals surface area contributed by atoms with E-state index in [-0.39, 0.29) is 0 Å². The average molecular weight is 224 g/mol. The van der Waals surface area contributed by atoms with Gasteiger partial charge in [0.2, 0.25) is 5.88 Å². The third-order valence-corrected chi connectivity index (χ3v) is 2.11. The molecule has 0 fully saturated rings. The van der Waals surface area contributed by atoms with E-state index >= 15 is 0 Å². The van der Waals surface area contributed by atoms with Gasteiger partial charge in [0.25, 0.3) is 0 Å². The molecular weight excluding hydrogens is 204 g/mol. The van der Waals surface area contributed by atoms with Crippen molar-refractivity contribution >= 4 is 11.5 Å². The van der Waals surface area contributed by atoms with Crippen LogP contribution in [-0.4, -0.2) is 30.2 Å². The molecule has 2 N–H and O–H groups in total. The Morgan fingerprint density at radius 2 is 2.12 bits per heavy atom. The maximum atomic E-state index is 5.95. The monoisotopic (exact) mass is 224 g/mol. The molecule has 0 atom stereocenters. The van der Waals surface area contributed by atoms with Crippen molar-refractivity contribution in [2.24, 2.45) is 5.92 Å². The second-order valence-electron chi connectivity index (χ2n) is 4.12. The summed E-state index contributed by atoms with van der Waals surface area (Å²) < 4.78 is 5.33. The summed E-state index contributed by atoms with van der Waals surface area (Å²) in [7, 11) is 1.97. The minimum atomic E-state index is 0.461. The zero-order chi connectivity index (χ0) is 12.1. The van der Waals surface area contributed by atoms with E-state index in [1.165, 1.54) is 6.33 Å². The Hall–Kier alpha value is -1.52. The number of nitrogens with two attached hydrogens (primary N) is 1. The zero-order valence-electron chi connectivity index (χ0n) is 10.4. The van der Waals surface area contributed by atoms with Gasteiger partial charge >= 0.3 is 0 Å². The van der Waals surface area contributed by atoms with Gasteiger partial charge in [0, 0.05) is 13.6 Å². The minimum Gasteiger partial charge on any atom is -0.476 e. The lowest BCUT2D eigenvalue weighted by Gasteiger charge is -2.22. The van der Waals surface area contributed by atoms with Gasteiger partial charge in [-0.15, -0.1) is 0 Å². The second kappa shape index (κ2) is 5.53. The molecule has 0 radical (unpaired) electrons. The van der Waals surface area contributed by atoms with Crippen LogP contribution in [-0.2, 0) is 0 Å². The summed E-state index contributed by atoms with van der Waals surface area (Å²) in [6, 6.07) is 0. The molecule has 0 aliphatic rings. The molecule has 16 heavy (non-hydrogen) atoms. The van der Waals surface area contributed by atoms with Gasteiger partial charge in [-0.05, 0) is 12.8 Å². The summed E-state index contributed by atoms with van der Waals surface area (Å²) in [6.45, 7) is 7.65. The van der Waals surface area contributed by atoms with E-state index in [1.807, 2.05) is 18.9 Å². The highest BCUT2D eigenvalue weighted by molar-refractivity contribution is 5.67. The van der Waals surface area contributed by atoms with Gasteiger partial charge in [-0.3, -0.25) is 0 Å². The first-order valence-corrected chi connectivity index (χ1v) is 5.50. The lowest BCUT2D eigenvalue weighted by atomic mass is 10.2. The molecule has 0 saturated carbocycles. The maximum absolute atomic E-state index is 5.95. The van der Waals surface area contributed by atoms with Crippen LogP contribution < -0.4 is 15.4 Å². The number of hydrogen-bond donors (Lipinski definition) is 1. The quantitative estimate of drug-likeness (QED) is 0.822. The van der Waals surface area contributed by atoms with Gasteiger partial charge in [0.1, 0.15) is 12.0 Å². The minimum absolute atomic E-state index is 0.461. The van der Waals surface area contributed by atoms with E-state index in [0.29, 0.717) is 24.1 Å². The first kappa shape index (κ1) is 12.5.